The van der Waals surface area contributed by atoms with Gasteiger partial charge in [0.25, 0.3) is 0 Å². The first-order chi connectivity index (χ1) is 15.5. The quantitative estimate of drug-likeness (QED) is 0.185. The van der Waals surface area contributed by atoms with Crippen molar-refractivity contribution in [3.8, 4) is 11.1 Å². The van der Waals surface area contributed by atoms with Crippen LogP contribution >= 0.6 is 0 Å². The summed E-state index contributed by atoms with van der Waals surface area (Å²) in [6, 6.07) is 3.33. The van der Waals surface area contributed by atoms with Gasteiger partial charge in [0.1, 0.15) is 0 Å². The van der Waals surface area contributed by atoms with Crippen LogP contribution in [-0.4, -0.2) is 0 Å². The molecule has 4 rings (SSSR count). The van der Waals surface area contributed by atoms with Crippen molar-refractivity contribution in [1.29, 1.82) is 0 Å². The molecule has 2 aliphatic rings. The van der Waals surface area contributed by atoms with Gasteiger partial charge < -0.3 is 0 Å². The third-order valence-electron chi connectivity index (χ3n) is 7.43. The van der Waals surface area contributed by atoms with E-state index in [1.165, 1.54) is 25.7 Å². The highest BCUT2D eigenvalue weighted by molar-refractivity contribution is 5.79. The first-order valence-corrected chi connectivity index (χ1v) is 12.1. The number of allylic oxidation sites excluding steroid dienone is 1. The number of unbranched alkanes of at least 4 members (excludes halogenated alkanes) is 2. The number of halogens is 4. The number of fused-ring (bicyclic) bond motifs is 3. The van der Waals surface area contributed by atoms with Crippen molar-refractivity contribution in [1.82, 2.24) is 0 Å². The Balaban J connectivity index is 1.60. The molecule has 0 bridgehead atoms. The molecule has 0 atom stereocenters. The largest absolute Gasteiger partial charge is 0.203 e. The zero-order chi connectivity index (χ0) is 22.8. The molecule has 4 heteroatoms. The summed E-state index contributed by atoms with van der Waals surface area (Å²) in [5.41, 5.74) is 1.57. The van der Waals surface area contributed by atoms with Crippen LogP contribution in [0.4, 0.5) is 17.6 Å². The van der Waals surface area contributed by atoms with Crippen LogP contribution in [-0.2, 0) is 12.8 Å². The lowest BCUT2D eigenvalue weighted by molar-refractivity contribution is 0.298. The minimum Gasteiger partial charge on any atom is -0.203 e. The first kappa shape index (κ1) is 23.1. The summed E-state index contributed by atoms with van der Waals surface area (Å²) in [6.07, 6.45) is 11.5. The van der Waals surface area contributed by atoms with Crippen molar-refractivity contribution in [3.63, 3.8) is 0 Å². The summed E-state index contributed by atoms with van der Waals surface area (Å²) in [4.78, 5) is 0. The van der Waals surface area contributed by atoms with Crippen molar-refractivity contribution in [2.75, 3.05) is 0 Å². The van der Waals surface area contributed by atoms with Gasteiger partial charge >= 0.3 is 0 Å². The molecule has 2 aromatic rings. The highest BCUT2D eigenvalue weighted by Crippen LogP contribution is 2.46. The van der Waals surface area contributed by atoms with Crippen LogP contribution in [0.25, 0.3) is 11.1 Å². The zero-order valence-corrected chi connectivity index (χ0v) is 18.9. The molecule has 1 saturated carbocycles. The average molecular weight is 445 g/mol. The van der Waals surface area contributed by atoms with E-state index in [4.69, 9.17) is 0 Å². The van der Waals surface area contributed by atoms with Gasteiger partial charge in [-0.05, 0) is 79.0 Å². The summed E-state index contributed by atoms with van der Waals surface area (Å²) in [6.45, 7) is 5.82. The molecular formula is C28H32F4. The predicted octanol–water partition coefficient (Wildman–Crippen LogP) is 8.79. The van der Waals surface area contributed by atoms with E-state index in [1.54, 1.807) is 18.2 Å². The molecule has 1 fully saturated rings. The fourth-order valence-electron chi connectivity index (χ4n) is 5.64. The highest BCUT2D eigenvalue weighted by Gasteiger charge is 2.34. The molecule has 0 heterocycles. The Bertz CT molecular complexity index is 999. The number of aryl methyl sites for hydroxylation is 1. The smallest absolute Gasteiger partial charge is 0.167 e. The van der Waals surface area contributed by atoms with Crippen LogP contribution in [0, 0.1) is 29.2 Å². The van der Waals surface area contributed by atoms with Gasteiger partial charge in [0.2, 0.25) is 0 Å². The van der Waals surface area contributed by atoms with E-state index in [0.717, 1.165) is 25.7 Å². The van der Waals surface area contributed by atoms with Gasteiger partial charge in [0.05, 0.1) is 0 Å². The molecule has 2 aromatic carbocycles. The third-order valence-corrected chi connectivity index (χ3v) is 7.43. The molecule has 0 aliphatic heterocycles. The summed E-state index contributed by atoms with van der Waals surface area (Å²) in [5.74, 6) is -3.29. The van der Waals surface area contributed by atoms with Crippen molar-refractivity contribution < 1.29 is 17.6 Å². The lowest BCUT2D eigenvalue weighted by Crippen LogP contribution is -2.15. The van der Waals surface area contributed by atoms with Gasteiger partial charge in [0, 0.05) is 11.1 Å². The van der Waals surface area contributed by atoms with Gasteiger partial charge in [-0.25, -0.2) is 17.6 Å². The van der Waals surface area contributed by atoms with E-state index in [-0.39, 0.29) is 22.6 Å². The maximum absolute atomic E-state index is 15.2. The summed E-state index contributed by atoms with van der Waals surface area (Å²) < 4.78 is 59.9. The Kier molecular flexibility index (Phi) is 7.07. The second-order valence-electron chi connectivity index (χ2n) is 9.54. The van der Waals surface area contributed by atoms with Crippen molar-refractivity contribution in [2.24, 2.45) is 5.92 Å². The van der Waals surface area contributed by atoms with Gasteiger partial charge in [-0.1, -0.05) is 50.8 Å². The molecule has 0 aromatic heterocycles. The fourth-order valence-corrected chi connectivity index (χ4v) is 5.64. The summed E-state index contributed by atoms with van der Waals surface area (Å²) >= 11 is 0. The Hall–Kier alpha value is -2.10. The molecule has 0 spiro atoms. The molecule has 0 saturated heterocycles. The van der Waals surface area contributed by atoms with Crippen LogP contribution in [0.2, 0.25) is 0 Å². The summed E-state index contributed by atoms with van der Waals surface area (Å²) in [5, 5.41) is 0. The standard InChI is InChI=1S/C28H32F4/c1-3-5-7-8-17-10-12-18(13-11-17)22-16-21-15-20-14-19(9-6-4-2)25(29)27(31)23(20)24(21)28(32)26(22)30/h4,14,16-18H,2-3,5-13,15H2,1H3. The lowest BCUT2D eigenvalue weighted by Gasteiger charge is -2.29. The van der Waals surface area contributed by atoms with Gasteiger partial charge in [-0.15, -0.1) is 6.58 Å². The normalized spacial score (nSPS) is 19.7. The minimum atomic E-state index is -1.07. The number of hydrogen-bond donors (Lipinski definition) is 0. The van der Waals surface area contributed by atoms with Gasteiger partial charge in [0.15, 0.2) is 23.3 Å². The van der Waals surface area contributed by atoms with Crippen molar-refractivity contribution in [2.45, 2.75) is 83.5 Å². The maximum atomic E-state index is 15.2. The number of hydrogen-bond acceptors (Lipinski definition) is 0. The third kappa shape index (κ3) is 4.25. The van der Waals surface area contributed by atoms with E-state index < -0.39 is 23.3 Å². The second kappa shape index (κ2) is 9.80. The Morgan fingerprint density at radius 3 is 2.19 bits per heavy atom. The van der Waals surface area contributed by atoms with E-state index in [9.17, 15) is 8.78 Å². The molecule has 0 nitrogen and oxygen atoms in total. The molecule has 172 valence electrons. The molecule has 0 N–H and O–H groups in total. The second-order valence-corrected chi connectivity index (χ2v) is 9.54. The van der Waals surface area contributed by atoms with Gasteiger partial charge in [-0.3, -0.25) is 0 Å². The molecule has 0 amide bonds. The monoisotopic (exact) mass is 444 g/mol. The van der Waals surface area contributed by atoms with Crippen LogP contribution in [0.1, 0.15) is 92.9 Å². The average Bonchev–Trinajstić information content (AvgIpc) is 3.17. The Morgan fingerprint density at radius 1 is 0.875 bits per heavy atom. The molecule has 0 radical (unpaired) electrons. The molecular weight excluding hydrogens is 412 g/mol. The number of rotatable bonds is 8. The SMILES string of the molecule is C=CCCc1cc2c(c(F)c1F)-c1c(cc(C3CCC(CCCCC)CC3)c(F)c1F)C2. The fraction of sp³-hybridized carbons (Fsp3) is 0.500. The van der Waals surface area contributed by atoms with E-state index in [2.05, 4.69) is 13.5 Å². The Labute approximate surface area is 188 Å². The van der Waals surface area contributed by atoms with E-state index in [0.29, 0.717) is 41.9 Å². The zero-order valence-electron chi connectivity index (χ0n) is 18.9. The predicted molar refractivity (Wildman–Crippen MR) is 122 cm³/mol. The van der Waals surface area contributed by atoms with Gasteiger partial charge in [-0.2, -0.15) is 0 Å². The van der Waals surface area contributed by atoms with Crippen LogP contribution in [0.3, 0.4) is 0 Å². The Morgan fingerprint density at radius 2 is 1.53 bits per heavy atom. The number of benzene rings is 2. The van der Waals surface area contributed by atoms with Crippen LogP contribution < -0.4 is 0 Å². The maximum Gasteiger partial charge on any atom is 0.167 e. The highest BCUT2D eigenvalue weighted by atomic mass is 19.2. The molecule has 2 aliphatic carbocycles. The van der Waals surface area contributed by atoms with Crippen LogP contribution in [0.15, 0.2) is 24.8 Å². The van der Waals surface area contributed by atoms with Crippen LogP contribution in [0.5, 0.6) is 0 Å². The van der Waals surface area contributed by atoms with Crippen molar-refractivity contribution in [3.05, 3.63) is 70.3 Å². The minimum absolute atomic E-state index is 0.00864. The lowest BCUT2D eigenvalue weighted by atomic mass is 9.76. The summed E-state index contributed by atoms with van der Waals surface area (Å²) in [7, 11) is 0. The molecule has 0 unspecified atom stereocenters. The van der Waals surface area contributed by atoms with Crippen molar-refractivity contribution >= 4 is 0 Å². The molecule has 32 heavy (non-hydrogen) atoms. The first-order valence-electron chi connectivity index (χ1n) is 12.1. The van der Waals surface area contributed by atoms with E-state index in [1.807, 2.05) is 0 Å². The van der Waals surface area contributed by atoms with E-state index >= 15 is 8.78 Å². The topological polar surface area (TPSA) is 0 Å².